The number of halogens is 1. The van der Waals surface area contributed by atoms with Gasteiger partial charge in [0, 0.05) is 16.8 Å². The number of benzene rings is 1. The number of fused-ring (bicyclic) bond motifs is 1. The Bertz CT molecular complexity index is 503. The molecule has 0 spiro atoms. The highest BCUT2D eigenvalue weighted by atomic mass is 35.5. The fraction of sp³-hybridized carbons (Fsp3) is 0.462. The predicted octanol–water partition coefficient (Wildman–Crippen LogP) is 4.26. The topological polar surface area (TPSA) is 24.9 Å². The van der Waals surface area contributed by atoms with E-state index in [9.17, 15) is 0 Å². The molecule has 1 fully saturated rings. The van der Waals surface area contributed by atoms with Crippen molar-refractivity contribution in [3.63, 3.8) is 0 Å². The molecule has 17 heavy (non-hydrogen) atoms. The molecule has 0 amide bonds. The summed E-state index contributed by atoms with van der Waals surface area (Å²) >= 11 is 7.68. The van der Waals surface area contributed by atoms with Crippen LogP contribution in [0, 0.1) is 0 Å². The van der Waals surface area contributed by atoms with Crippen molar-refractivity contribution in [2.24, 2.45) is 0 Å². The van der Waals surface area contributed by atoms with Gasteiger partial charge in [0.25, 0.3) is 0 Å². The lowest BCUT2D eigenvalue weighted by atomic mass is 9.95. The summed E-state index contributed by atoms with van der Waals surface area (Å²) in [4.78, 5) is 0. The molecule has 0 unspecified atom stereocenters. The van der Waals surface area contributed by atoms with Crippen LogP contribution < -0.4 is 5.32 Å². The molecule has 1 N–H and O–H groups in total. The number of rotatable bonds is 2. The fourth-order valence-corrected chi connectivity index (χ4v) is 3.47. The first-order chi connectivity index (χ1) is 8.33. The van der Waals surface area contributed by atoms with Crippen molar-refractivity contribution >= 4 is 39.0 Å². The van der Waals surface area contributed by atoms with Crippen molar-refractivity contribution in [3.8, 4) is 0 Å². The third kappa shape index (κ3) is 2.40. The second kappa shape index (κ2) is 4.83. The summed E-state index contributed by atoms with van der Waals surface area (Å²) in [6.07, 6.45) is 4.58. The van der Waals surface area contributed by atoms with Gasteiger partial charge in [0.05, 0.1) is 5.52 Å². The first kappa shape index (κ1) is 11.3. The number of hydrogen-bond acceptors (Lipinski definition) is 3. The molecular formula is C13H15ClN2S. The quantitative estimate of drug-likeness (QED) is 0.822. The zero-order valence-electron chi connectivity index (χ0n) is 9.53. The lowest BCUT2D eigenvalue weighted by molar-refractivity contribution is 0.469. The molecule has 3 rings (SSSR count). The first-order valence-corrected chi connectivity index (χ1v) is 7.29. The Morgan fingerprint density at radius 2 is 1.94 bits per heavy atom. The highest BCUT2D eigenvalue weighted by molar-refractivity contribution is 7.11. The Morgan fingerprint density at radius 1 is 1.18 bits per heavy atom. The van der Waals surface area contributed by atoms with E-state index in [1.807, 2.05) is 6.07 Å². The molecule has 0 saturated heterocycles. The summed E-state index contributed by atoms with van der Waals surface area (Å²) in [6, 6.07) is 8.86. The van der Waals surface area contributed by atoms with Crippen LogP contribution in [0.4, 0.5) is 5.00 Å². The molecule has 2 nitrogen and oxygen atoms in total. The number of alkyl halides is 1. The van der Waals surface area contributed by atoms with Crippen LogP contribution in [0.2, 0.25) is 0 Å². The highest BCUT2D eigenvalue weighted by Crippen LogP contribution is 2.31. The number of nitrogens with one attached hydrogen (secondary N) is 1. The van der Waals surface area contributed by atoms with Crippen LogP contribution in [-0.2, 0) is 0 Å². The van der Waals surface area contributed by atoms with Gasteiger partial charge in [-0.05, 0) is 49.3 Å². The molecule has 1 saturated carbocycles. The standard InChI is InChI=1S/C13H15ClN2S/c14-9-5-7-10(8-6-9)15-13-11-3-1-2-4-12(11)16-17-13/h1-4,9-10,15H,5-8H2. The van der Waals surface area contributed by atoms with Gasteiger partial charge < -0.3 is 5.32 Å². The summed E-state index contributed by atoms with van der Waals surface area (Å²) in [5.74, 6) is 0. The van der Waals surface area contributed by atoms with Crippen LogP contribution >= 0.6 is 23.1 Å². The summed E-state index contributed by atoms with van der Waals surface area (Å²) in [5.41, 5.74) is 1.09. The maximum Gasteiger partial charge on any atom is 0.117 e. The Morgan fingerprint density at radius 3 is 2.76 bits per heavy atom. The molecule has 0 bridgehead atoms. The number of nitrogens with zero attached hydrogens (tertiary/aromatic N) is 1. The van der Waals surface area contributed by atoms with Crippen molar-refractivity contribution in [2.75, 3.05) is 5.32 Å². The average Bonchev–Trinajstić information content (AvgIpc) is 2.76. The third-order valence-corrected chi connectivity index (χ3v) is 4.62. The monoisotopic (exact) mass is 266 g/mol. The molecule has 1 aromatic carbocycles. The number of anilines is 1. The Balaban J connectivity index is 1.76. The zero-order valence-corrected chi connectivity index (χ0v) is 11.1. The highest BCUT2D eigenvalue weighted by Gasteiger charge is 2.20. The fourth-order valence-electron chi connectivity index (χ4n) is 2.38. The molecule has 0 aliphatic heterocycles. The maximum atomic E-state index is 6.12. The predicted molar refractivity (Wildman–Crippen MR) is 75.1 cm³/mol. The summed E-state index contributed by atoms with van der Waals surface area (Å²) in [5, 5.41) is 6.45. The lowest BCUT2D eigenvalue weighted by Crippen LogP contribution is -2.25. The third-order valence-electron chi connectivity index (χ3n) is 3.38. The van der Waals surface area contributed by atoms with Crippen molar-refractivity contribution in [1.82, 2.24) is 4.37 Å². The van der Waals surface area contributed by atoms with Crippen molar-refractivity contribution < 1.29 is 0 Å². The number of aromatic nitrogens is 1. The van der Waals surface area contributed by atoms with E-state index in [-0.39, 0.29) is 0 Å². The molecule has 90 valence electrons. The van der Waals surface area contributed by atoms with Crippen LogP contribution in [0.5, 0.6) is 0 Å². The van der Waals surface area contributed by atoms with Crippen LogP contribution in [0.25, 0.3) is 10.9 Å². The van der Waals surface area contributed by atoms with E-state index in [0.717, 1.165) is 18.4 Å². The molecule has 4 heteroatoms. The van der Waals surface area contributed by atoms with Gasteiger partial charge in [0.2, 0.25) is 0 Å². The molecule has 1 aliphatic rings. The number of hydrogen-bond donors (Lipinski definition) is 1. The van der Waals surface area contributed by atoms with Gasteiger partial charge in [0.15, 0.2) is 0 Å². The molecule has 0 radical (unpaired) electrons. The lowest BCUT2D eigenvalue weighted by Gasteiger charge is -2.25. The molecule has 1 aromatic heterocycles. The average molecular weight is 267 g/mol. The van der Waals surface area contributed by atoms with Crippen molar-refractivity contribution in [1.29, 1.82) is 0 Å². The van der Waals surface area contributed by atoms with E-state index in [4.69, 9.17) is 11.6 Å². The van der Waals surface area contributed by atoms with Gasteiger partial charge in [-0.1, -0.05) is 12.1 Å². The van der Waals surface area contributed by atoms with Crippen LogP contribution in [-0.4, -0.2) is 15.8 Å². The molecule has 0 atom stereocenters. The molecular weight excluding hydrogens is 252 g/mol. The zero-order chi connectivity index (χ0) is 11.7. The normalized spacial score (nSPS) is 25.0. The van der Waals surface area contributed by atoms with E-state index in [1.54, 1.807) is 11.5 Å². The van der Waals surface area contributed by atoms with Gasteiger partial charge in [-0.15, -0.1) is 11.6 Å². The van der Waals surface area contributed by atoms with Gasteiger partial charge in [-0.2, -0.15) is 4.37 Å². The second-order valence-electron chi connectivity index (χ2n) is 4.62. The summed E-state index contributed by atoms with van der Waals surface area (Å²) in [6.45, 7) is 0. The molecule has 1 aliphatic carbocycles. The minimum absolute atomic E-state index is 0.381. The van der Waals surface area contributed by atoms with E-state index in [1.165, 1.54) is 23.2 Å². The Kier molecular flexibility index (Phi) is 3.21. The SMILES string of the molecule is ClC1CCC(Nc2snc3ccccc23)CC1. The summed E-state index contributed by atoms with van der Waals surface area (Å²) in [7, 11) is 0. The Hall–Kier alpha value is -0.800. The van der Waals surface area contributed by atoms with E-state index in [2.05, 4.69) is 27.9 Å². The Labute approximate surface area is 110 Å². The van der Waals surface area contributed by atoms with Crippen molar-refractivity contribution in [2.45, 2.75) is 37.1 Å². The smallest absolute Gasteiger partial charge is 0.117 e. The van der Waals surface area contributed by atoms with E-state index < -0.39 is 0 Å². The largest absolute Gasteiger partial charge is 0.372 e. The van der Waals surface area contributed by atoms with Gasteiger partial charge in [0.1, 0.15) is 5.00 Å². The molecule has 2 aromatic rings. The first-order valence-electron chi connectivity index (χ1n) is 6.08. The van der Waals surface area contributed by atoms with Crippen LogP contribution in [0.1, 0.15) is 25.7 Å². The van der Waals surface area contributed by atoms with E-state index in [0.29, 0.717) is 11.4 Å². The van der Waals surface area contributed by atoms with Gasteiger partial charge in [-0.3, -0.25) is 0 Å². The van der Waals surface area contributed by atoms with Gasteiger partial charge in [-0.25, -0.2) is 0 Å². The van der Waals surface area contributed by atoms with Crippen LogP contribution in [0.15, 0.2) is 24.3 Å². The minimum atomic E-state index is 0.381. The minimum Gasteiger partial charge on any atom is -0.372 e. The summed E-state index contributed by atoms with van der Waals surface area (Å²) < 4.78 is 4.45. The van der Waals surface area contributed by atoms with Crippen molar-refractivity contribution in [3.05, 3.63) is 24.3 Å². The van der Waals surface area contributed by atoms with Crippen LogP contribution in [0.3, 0.4) is 0 Å². The molecule has 1 heterocycles. The van der Waals surface area contributed by atoms with Gasteiger partial charge >= 0.3 is 0 Å². The van der Waals surface area contributed by atoms with E-state index >= 15 is 0 Å². The maximum absolute atomic E-state index is 6.12. The second-order valence-corrected chi connectivity index (χ2v) is 6.01.